The van der Waals surface area contributed by atoms with Crippen LogP contribution in [-0.4, -0.2) is 29.0 Å². The van der Waals surface area contributed by atoms with Crippen LogP contribution < -0.4 is 10.6 Å². The van der Waals surface area contributed by atoms with Crippen molar-refractivity contribution in [3.63, 3.8) is 0 Å². The summed E-state index contributed by atoms with van der Waals surface area (Å²) in [4.78, 5) is 25.3. The Morgan fingerprint density at radius 3 is 2.52 bits per heavy atom. The van der Waals surface area contributed by atoms with Crippen molar-refractivity contribution in [3.05, 3.63) is 71.9 Å². The van der Waals surface area contributed by atoms with Gasteiger partial charge in [-0.2, -0.15) is 5.26 Å². The number of nitrogens with one attached hydrogen (secondary N) is 2. The van der Waals surface area contributed by atoms with Crippen LogP contribution in [0.2, 0.25) is 0 Å². The van der Waals surface area contributed by atoms with Crippen molar-refractivity contribution in [2.75, 3.05) is 6.54 Å². The average molecular weight is 360 g/mol. The van der Waals surface area contributed by atoms with Gasteiger partial charge in [0.15, 0.2) is 0 Å². The van der Waals surface area contributed by atoms with Crippen LogP contribution in [-0.2, 0) is 18.3 Å². The highest BCUT2D eigenvalue weighted by Gasteiger charge is 2.23. The maximum atomic E-state index is 12.8. The maximum Gasteiger partial charge on any atom is 0.268 e. The van der Waals surface area contributed by atoms with E-state index in [1.54, 1.807) is 10.6 Å². The van der Waals surface area contributed by atoms with E-state index in [0.717, 1.165) is 16.5 Å². The molecule has 1 unspecified atom stereocenters. The Morgan fingerprint density at radius 1 is 1.11 bits per heavy atom. The molecule has 2 N–H and O–H groups in total. The van der Waals surface area contributed by atoms with Crippen LogP contribution >= 0.6 is 0 Å². The first-order chi connectivity index (χ1) is 13.1. The number of aryl methyl sites for hydroxylation is 1. The number of nitrogens with zero attached hydrogens (tertiary/aromatic N) is 2. The Hall–Kier alpha value is -3.59. The number of fused-ring (bicyclic) bond motifs is 1. The smallest absolute Gasteiger partial charge is 0.268 e. The lowest BCUT2D eigenvalue weighted by atomic mass is 10.0. The molecule has 0 saturated carbocycles. The monoisotopic (exact) mass is 360 g/mol. The molecule has 0 aliphatic heterocycles. The fourth-order valence-corrected chi connectivity index (χ4v) is 3.05. The highest BCUT2D eigenvalue weighted by molar-refractivity contribution is 6.00. The molecule has 0 spiro atoms. The van der Waals surface area contributed by atoms with E-state index >= 15 is 0 Å². The second kappa shape index (κ2) is 8.19. The summed E-state index contributed by atoms with van der Waals surface area (Å²) < 4.78 is 1.80. The van der Waals surface area contributed by atoms with Gasteiger partial charge in [-0.15, -0.1) is 0 Å². The third kappa shape index (κ3) is 4.15. The molecule has 0 radical (unpaired) electrons. The van der Waals surface area contributed by atoms with Gasteiger partial charge in [0.05, 0.1) is 6.07 Å². The van der Waals surface area contributed by atoms with E-state index in [1.807, 2.05) is 67.7 Å². The Balaban J connectivity index is 1.83. The molecule has 0 bridgehead atoms. The lowest BCUT2D eigenvalue weighted by Crippen LogP contribution is -2.48. The molecule has 0 aliphatic rings. The number of rotatable bonds is 6. The van der Waals surface area contributed by atoms with Crippen molar-refractivity contribution in [3.8, 4) is 6.07 Å². The highest BCUT2D eigenvalue weighted by atomic mass is 16.2. The SMILES string of the molecule is Cn1c(C(=O)NC(Cc2ccccc2)C(=O)NCC#N)cc2ccccc21. The fraction of sp³-hybridized carbons (Fsp3) is 0.190. The van der Waals surface area contributed by atoms with Crippen LogP contribution in [0.3, 0.4) is 0 Å². The van der Waals surface area contributed by atoms with Crippen LogP contribution in [0, 0.1) is 11.3 Å². The second-order valence-corrected chi connectivity index (χ2v) is 6.24. The highest BCUT2D eigenvalue weighted by Crippen LogP contribution is 2.18. The number of hydrogen-bond donors (Lipinski definition) is 2. The molecular formula is C21H20N4O2. The summed E-state index contributed by atoms with van der Waals surface area (Å²) in [6.45, 7) is -0.103. The predicted octanol–water partition coefficient (Wildman–Crippen LogP) is 2.16. The van der Waals surface area contributed by atoms with Crippen LogP contribution in [0.4, 0.5) is 0 Å². The number of nitriles is 1. The minimum atomic E-state index is -0.772. The van der Waals surface area contributed by atoms with Gasteiger partial charge in [0.2, 0.25) is 5.91 Å². The average Bonchev–Trinajstić information content (AvgIpc) is 3.03. The van der Waals surface area contributed by atoms with Crippen molar-refractivity contribution in [2.24, 2.45) is 7.05 Å². The summed E-state index contributed by atoms with van der Waals surface area (Å²) in [5, 5.41) is 15.0. The molecule has 3 rings (SSSR count). The molecule has 3 aromatic rings. The van der Waals surface area contributed by atoms with Gasteiger partial charge in [-0.25, -0.2) is 0 Å². The van der Waals surface area contributed by atoms with E-state index in [0.29, 0.717) is 12.1 Å². The Kier molecular flexibility index (Phi) is 5.53. The minimum Gasteiger partial charge on any atom is -0.341 e. The van der Waals surface area contributed by atoms with Crippen LogP contribution in [0.25, 0.3) is 10.9 Å². The molecule has 0 saturated heterocycles. The lowest BCUT2D eigenvalue weighted by Gasteiger charge is -2.18. The van der Waals surface area contributed by atoms with E-state index in [4.69, 9.17) is 5.26 Å². The Morgan fingerprint density at radius 2 is 1.81 bits per heavy atom. The quantitative estimate of drug-likeness (QED) is 0.661. The zero-order valence-electron chi connectivity index (χ0n) is 15.0. The van der Waals surface area contributed by atoms with Gasteiger partial charge in [-0.1, -0.05) is 48.5 Å². The number of hydrogen-bond acceptors (Lipinski definition) is 3. The maximum absolute atomic E-state index is 12.8. The first-order valence-corrected chi connectivity index (χ1v) is 8.64. The molecule has 1 aromatic heterocycles. The number of carbonyl (C=O) groups is 2. The third-order valence-corrected chi connectivity index (χ3v) is 4.43. The molecule has 2 amide bonds. The van der Waals surface area contributed by atoms with Crippen molar-refractivity contribution in [2.45, 2.75) is 12.5 Å². The van der Waals surface area contributed by atoms with Gasteiger partial charge in [-0.3, -0.25) is 9.59 Å². The molecular weight excluding hydrogens is 340 g/mol. The molecule has 0 aliphatic carbocycles. The van der Waals surface area contributed by atoms with Crippen molar-refractivity contribution in [1.29, 1.82) is 5.26 Å². The van der Waals surface area contributed by atoms with E-state index < -0.39 is 6.04 Å². The standard InChI is InChI=1S/C21H20N4O2/c1-25-18-10-6-5-9-16(18)14-19(25)21(27)24-17(20(26)23-12-11-22)13-15-7-3-2-4-8-15/h2-10,14,17H,12-13H2,1H3,(H,23,26)(H,24,27). The number of carbonyl (C=O) groups excluding carboxylic acids is 2. The normalized spacial score (nSPS) is 11.6. The van der Waals surface area contributed by atoms with Gasteiger partial charge < -0.3 is 15.2 Å². The van der Waals surface area contributed by atoms with Gasteiger partial charge in [0, 0.05) is 24.4 Å². The van der Waals surface area contributed by atoms with Gasteiger partial charge in [-0.05, 0) is 17.7 Å². The van der Waals surface area contributed by atoms with E-state index in [-0.39, 0.29) is 18.4 Å². The summed E-state index contributed by atoms with van der Waals surface area (Å²) >= 11 is 0. The summed E-state index contributed by atoms with van der Waals surface area (Å²) in [5.41, 5.74) is 2.34. The first kappa shape index (κ1) is 18.2. The number of para-hydroxylation sites is 1. The zero-order chi connectivity index (χ0) is 19.2. The molecule has 6 nitrogen and oxygen atoms in total. The summed E-state index contributed by atoms with van der Waals surface area (Å²) in [7, 11) is 1.82. The second-order valence-electron chi connectivity index (χ2n) is 6.24. The number of amides is 2. The van der Waals surface area contributed by atoms with Crippen molar-refractivity contribution in [1.82, 2.24) is 15.2 Å². The molecule has 2 aromatic carbocycles. The van der Waals surface area contributed by atoms with Crippen LogP contribution in [0.1, 0.15) is 16.1 Å². The van der Waals surface area contributed by atoms with E-state index in [9.17, 15) is 9.59 Å². The lowest BCUT2D eigenvalue weighted by molar-refractivity contribution is -0.122. The van der Waals surface area contributed by atoms with Crippen LogP contribution in [0.5, 0.6) is 0 Å². The van der Waals surface area contributed by atoms with Crippen molar-refractivity contribution >= 4 is 22.7 Å². The summed E-state index contributed by atoms with van der Waals surface area (Å²) in [5.74, 6) is -0.714. The fourth-order valence-electron chi connectivity index (χ4n) is 3.05. The van der Waals surface area contributed by atoms with E-state index in [1.165, 1.54) is 0 Å². The van der Waals surface area contributed by atoms with Gasteiger partial charge in [0.25, 0.3) is 5.91 Å². The number of aromatic nitrogens is 1. The molecule has 6 heteroatoms. The van der Waals surface area contributed by atoms with Crippen molar-refractivity contribution < 1.29 is 9.59 Å². The summed E-state index contributed by atoms with van der Waals surface area (Å²) in [6, 6.07) is 20.1. The Labute approximate surface area is 157 Å². The molecule has 1 atom stereocenters. The van der Waals surface area contributed by atoms with Gasteiger partial charge >= 0.3 is 0 Å². The zero-order valence-corrected chi connectivity index (χ0v) is 15.0. The third-order valence-electron chi connectivity index (χ3n) is 4.43. The topological polar surface area (TPSA) is 86.9 Å². The number of benzene rings is 2. The predicted molar refractivity (Wildman–Crippen MR) is 103 cm³/mol. The largest absolute Gasteiger partial charge is 0.341 e. The van der Waals surface area contributed by atoms with Gasteiger partial charge in [0.1, 0.15) is 18.3 Å². The van der Waals surface area contributed by atoms with E-state index in [2.05, 4.69) is 10.6 Å². The molecule has 136 valence electrons. The molecule has 27 heavy (non-hydrogen) atoms. The van der Waals surface area contributed by atoms with Crippen LogP contribution in [0.15, 0.2) is 60.7 Å². The summed E-state index contributed by atoms with van der Waals surface area (Å²) in [6.07, 6.45) is 0.341. The molecule has 0 fully saturated rings. The first-order valence-electron chi connectivity index (χ1n) is 8.64. The Bertz CT molecular complexity index is 1000. The minimum absolute atomic E-state index is 0.103. The molecule has 1 heterocycles.